The molecule has 29 heavy (non-hydrogen) atoms. The number of rotatable bonds is 4. The zero-order valence-electron chi connectivity index (χ0n) is 15.1. The fourth-order valence-electron chi connectivity index (χ4n) is 2.77. The number of nitrogens with one attached hydrogen (secondary N) is 2. The molecule has 8 heteroatoms. The maximum Gasteiger partial charge on any atom is 0.338 e. The van der Waals surface area contributed by atoms with Crippen LogP contribution in [0.25, 0.3) is 0 Å². The van der Waals surface area contributed by atoms with Gasteiger partial charge in [-0.3, -0.25) is 9.59 Å². The van der Waals surface area contributed by atoms with E-state index in [4.69, 9.17) is 0 Å². The molecule has 2 N–H and O–H groups in total. The summed E-state index contributed by atoms with van der Waals surface area (Å²) in [6.07, 6.45) is 0. The third kappa shape index (κ3) is 3.86. The molecule has 0 aromatic heterocycles. The van der Waals surface area contributed by atoms with Crippen LogP contribution in [0.4, 0.5) is 21.9 Å². The Hall–Kier alpha value is -4.33. The van der Waals surface area contributed by atoms with Crippen molar-refractivity contribution in [3.63, 3.8) is 0 Å². The van der Waals surface area contributed by atoms with E-state index < -0.39 is 17.8 Å². The molecule has 0 saturated heterocycles. The number of amides is 4. The molecule has 4 rings (SSSR count). The monoisotopic (exact) mass is 385 g/mol. The highest BCUT2D eigenvalue weighted by Gasteiger charge is 2.36. The molecule has 1 aliphatic heterocycles. The molecule has 3 aromatic rings. The van der Waals surface area contributed by atoms with Crippen LogP contribution in [0.5, 0.6) is 0 Å². The van der Waals surface area contributed by atoms with Crippen LogP contribution in [0.1, 0.15) is 20.7 Å². The Morgan fingerprint density at radius 1 is 0.690 bits per heavy atom. The first-order valence-electron chi connectivity index (χ1n) is 8.74. The number of imide groups is 1. The molecule has 0 unspecified atom stereocenters. The van der Waals surface area contributed by atoms with Crippen LogP contribution in [-0.2, 0) is 0 Å². The average molecular weight is 385 g/mol. The van der Waals surface area contributed by atoms with Crippen molar-refractivity contribution < 1.29 is 14.4 Å². The highest BCUT2D eigenvalue weighted by Crippen LogP contribution is 2.22. The van der Waals surface area contributed by atoms with Gasteiger partial charge in [0.15, 0.2) is 0 Å². The molecule has 0 radical (unpaired) electrons. The van der Waals surface area contributed by atoms with Crippen molar-refractivity contribution >= 4 is 34.9 Å². The largest absolute Gasteiger partial charge is 0.338 e. The Morgan fingerprint density at radius 3 is 1.79 bits per heavy atom. The molecule has 0 atom stereocenters. The van der Waals surface area contributed by atoms with Crippen molar-refractivity contribution in [3.05, 3.63) is 90.0 Å². The van der Waals surface area contributed by atoms with Gasteiger partial charge in [-0.05, 0) is 48.5 Å². The molecule has 1 heterocycles. The maximum atomic E-state index is 12.3. The van der Waals surface area contributed by atoms with Gasteiger partial charge in [0.1, 0.15) is 0 Å². The minimum absolute atomic E-state index is 0.255. The third-order valence-corrected chi connectivity index (χ3v) is 4.17. The van der Waals surface area contributed by atoms with Crippen molar-refractivity contribution in [2.75, 3.05) is 5.32 Å². The highest BCUT2D eigenvalue weighted by molar-refractivity contribution is 6.21. The number of hydrogen-bond donors (Lipinski definition) is 2. The number of fused-ring (bicyclic) bond motifs is 1. The first-order valence-corrected chi connectivity index (χ1v) is 8.74. The fourth-order valence-corrected chi connectivity index (χ4v) is 2.77. The summed E-state index contributed by atoms with van der Waals surface area (Å²) < 4.78 is 0. The average Bonchev–Trinajstić information content (AvgIpc) is 2.99. The van der Waals surface area contributed by atoms with Gasteiger partial charge < -0.3 is 5.32 Å². The van der Waals surface area contributed by atoms with E-state index in [0.717, 1.165) is 5.69 Å². The van der Waals surface area contributed by atoms with Gasteiger partial charge in [-0.25, -0.2) is 10.2 Å². The molecule has 3 aromatic carbocycles. The zero-order chi connectivity index (χ0) is 20.2. The van der Waals surface area contributed by atoms with E-state index in [1.54, 1.807) is 36.4 Å². The van der Waals surface area contributed by atoms with Crippen molar-refractivity contribution in [1.29, 1.82) is 0 Å². The lowest BCUT2D eigenvalue weighted by molar-refractivity contribution is 0.0592. The lowest BCUT2D eigenvalue weighted by atomic mass is 10.1. The summed E-state index contributed by atoms with van der Waals surface area (Å²) in [6.45, 7) is 0. The van der Waals surface area contributed by atoms with Crippen molar-refractivity contribution in [2.24, 2.45) is 10.2 Å². The quantitative estimate of drug-likeness (QED) is 0.513. The van der Waals surface area contributed by atoms with Crippen LogP contribution in [0.3, 0.4) is 0 Å². The van der Waals surface area contributed by atoms with Crippen molar-refractivity contribution in [1.82, 2.24) is 10.4 Å². The number of benzene rings is 3. The summed E-state index contributed by atoms with van der Waals surface area (Å²) in [6, 6.07) is 21.6. The number of azo groups is 1. The number of carbonyl (C=O) groups excluding carboxylic acids is 3. The SMILES string of the molecule is O=C(Nc1ccc(N=Nc2ccccc2)cc1)NN1C(=O)c2ccccc2C1=O. The first kappa shape index (κ1) is 18.1. The van der Waals surface area contributed by atoms with Gasteiger partial charge in [0.05, 0.1) is 22.5 Å². The summed E-state index contributed by atoms with van der Waals surface area (Å²) in [5.41, 5.74) is 4.60. The number of urea groups is 1. The van der Waals surface area contributed by atoms with Crippen LogP contribution in [0.15, 0.2) is 89.1 Å². The van der Waals surface area contributed by atoms with E-state index in [2.05, 4.69) is 21.0 Å². The molecule has 0 spiro atoms. The molecular formula is C21H15N5O3. The summed E-state index contributed by atoms with van der Waals surface area (Å²) in [4.78, 5) is 36.7. The summed E-state index contributed by atoms with van der Waals surface area (Å²) >= 11 is 0. The van der Waals surface area contributed by atoms with Gasteiger partial charge in [-0.1, -0.05) is 30.3 Å². The van der Waals surface area contributed by atoms with Gasteiger partial charge >= 0.3 is 6.03 Å². The minimum atomic E-state index is -0.710. The smallest absolute Gasteiger partial charge is 0.307 e. The molecule has 4 amide bonds. The molecule has 0 aliphatic carbocycles. The lowest BCUT2D eigenvalue weighted by Gasteiger charge is -2.15. The van der Waals surface area contributed by atoms with Gasteiger partial charge in [0.25, 0.3) is 11.8 Å². The second-order valence-electron chi connectivity index (χ2n) is 6.14. The Balaban J connectivity index is 1.37. The maximum absolute atomic E-state index is 12.3. The Bertz CT molecular complexity index is 1080. The molecular weight excluding hydrogens is 370 g/mol. The number of anilines is 1. The van der Waals surface area contributed by atoms with Crippen LogP contribution in [-0.4, -0.2) is 22.9 Å². The van der Waals surface area contributed by atoms with Crippen LogP contribution in [0, 0.1) is 0 Å². The van der Waals surface area contributed by atoms with Gasteiger partial charge in [0, 0.05) is 5.69 Å². The van der Waals surface area contributed by atoms with Crippen molar-refractivity contribution in [3.8, 4) is 0 Å². The molecule has 0 fully saturated rings. The standard InChI is InChI=1S/C21H15N5O3/c27-19-17-8-4-5-9-18(17)20(28)26(19)25-21(29)22-14-10-12-16(13-11-14)24-23-15-6-2-1-3-7-15/h1-13H,(H2,22,25,29). The van der Waals surface area contributed by atoms with Crippen LogP contribution < -0.4 is 10.7 Å². The second kappa shape index (κ2) is 7.73. The topological polar surface area (TPSA) is 103 Å². The summed E-state index contributed by atoms with van der Waals surface area (Å²) in [7, 11) is 0. The summed E-state index contributed by atoms with van der Waals surface area (Å²) in [5, 5.41) is 11.5. The molecule has 1 aliphatic rings. The molecule has 8 nitrogen and oxygen atoms in total. The first-order chi connectivity index (χ1) is 14.1. The number of hydrazine groups is 1. The Labute approximate surface area is 165 Å². The van der Waals surface area contributed by atoms with Crippen molar-refractivity contribution in [2.45, 2.75) is 0 Å². The fraction of sp³-hybridized carbons (Fsp3) is 0. The predicted octanol–water partition coefficient (Wildman–Crippen LogP) is 4.43. The van der Waals surface area contributed by atoms with Gasteiger partial charge in [-0.2, -0.15) is 15.2 Å². The van der Waals surface area contributed by atoms with Crippen LogP contribution >= 0.6 is 0 Å². The summed E-state index contributed by atoms with van der Waals surface area (Å²) in [5.74, 6) is -1.14. The molecule has 142 valence electrons. The van der Waals surface area contributed by atoms with Gasteiger partial charge in [-0.15, -0.1) is 0 Å². The van der Waals surface area contributed by atoms with E-state index in [0.29, 0.717) is 16.4 Å². The number of nitrogens with zero attached hydrogens (tertiary/aromatic N) is 3. The van der Waals surface area contributed by atoms with E-state index in [9.17, 15) is 14.4 Å². The van der Waals surface area contributed by atoms with E-state index in [-0.39, 0.29) is 11.1 Å². The number of hydrogen-bond acceptors (Lipinski definition) is 5. The Kier molecular flexibility index (Phi) is 4.81. The third-order valence-electron chi connectivity index (χ3n) is 4.17. The lowest BCUT2D eigenvalue weighted by Crippen LogP contribution is -2.47. The van der Waals surface area contributed by atoms with Gasteiger partial charge in [0.2, 0.25) is 0 Å². The van der Waals surface area contributed by atoms with E-state index in [1.165, 1.54) is 12.1 Å². The Morgan fingerprint density at radius 2 is 1.21 bits per heavy atom. The second-order valence-corrected chi connectivity index (χ2v) is 6.14. The van der Waals surface area contributed by atoms with E-state index >= 15 is 0 Å². The molecule has 0 saturated carbocycles. The normalized spacial score (nSPS) is 12.9. The minimum Gasteiger partial charge on any atom is -0.307 e. The predicted molar refractivity (Wildman–Crippen MR) is 106 cm³/mol. The molecule has 0 bridgehead atoms. The zero-order valence-corrected chi connectivity index (χ0v) is 15.1. The van der Waals surface area contributed by atoms with E-state index in [1.807, 2.05) is 30.3 Å². The highest BCUT2D eigenvalue weighted by atomic mass is 16.2. The van der Waals surface area contributed by atoms with Crippen LogP contribution in [0.2, 0.25) is 0 Å². The number of carbonyl (C=O) groups is 3.